The van der Waals surface area contributed by atoms with Gasteiger partial charge in [0.25, 0.3) is 0 Å². The van der Waals surface area contributed by atoms with Gasteiger partial charge in [0.05, 0.1) is 5.69 Å². The average Bonchev–Trinajstić information content (AvgIpc) is 2.95. The zero-order valence-corrected chi connectivity index (χ0v) is 11.3. The first-order valence-corrected chi connectivity index (χ1v) is 6.96. The van der Waals surface area contributed by atoms with Crippen molar-refractivity contribution in [3.05, 3.63) is 18.0 Å². The minimum Gasteiger partial charge on any atom is -0.314 e. The van der Waals surface area contributed by atoms with E-state index in [-0.39, 0.29) is 0 Å². The van der Waals surface area contributed by atoms with E-state index < -0.39 is 0 Å². The van der Waals surface area contributed by atoms with Crippen LogP contribution in [0.3, 0.4) is 0 Å². The van der Waals surface area contributed by atoms with Gasteiger partial charge in [-0.1, -0.05) is 19.8 Å². The Morgan fingerprint density at radius 1 is 1.47 bits per heavy atom. The summed E-state index contributed by atoms with van der Waals surface area (Å²) in [5.41, 5.74) is 1.23. The molecule has 1 aliphatic rings. The van der Waals surface area contributed by atoms with E-state index in [2.05, 4.69) is 48.1 Å². The normalized spacial score (nSPS) is 17.6. The molecule has 0 amide bonds. The summed E-state index contributed by atoms with van der Waals surface area (Å²) >= 11 is 0. The van der Waals surface area contributed by atoms with Crippen LogP contribution in [0.4, 0.5) is 0 Å². The predicted molar refractivity (Wildman–Crippen MR) is 71.1 cm³/mol. The lowest BCUT2D eigenvalue weighted by Gasteiger charge is -2.16. The molecule has 1 aromatic heterocycles. The van der Waals surface area contributed by atoms with Crippen LogP contribution >= 0.6 is 0 Å². The Balaban J connectivity index is 1.90. The van der Waals surface area contributed by atoms with Gasteiger partial charge < -0.3 is 5.32 Å². The molecule has 96 valence electrons. The summed E-state index contributed by atoms with van der Waals surface area (Å²) in [6.07, 6.45) is 7.36. The molecule has 0 bridgehead atoms. The van der Waals surface area contributed by atoms with E-state index >= 15 is 0 Å². The molecule has 17 heavy (non-hydrogen) atoms. The highest BCUT2D eigenvalue weighted by Crippen LogP contribution is 2.34. The largest absolute Gasteiger partial charge is 0.314 e. The zero-order chi connectivity index (χ0) is 12.3. The van der Waals surface area contributed by atoms with Crippen molar-refractivity contribution in [2.24, 2.45) is 5.92 Å². The van der Waals surface area contributed by atoms with Gasteiger partial charge in [-0.05, 0) is 38.8 Å². The van der Waals surface area contributed by atoms with E-state index in [0.717, 1.165) is 18.9 Å². The van der Waals surface area contributed by atoms with Crippen LogP contribution in [-0.2, 0) is 6.42 Å². The molecule has 0 saturated heterocycles. The number of hydrogen-bond donors (Lipinski definition) is 1. The van der Waals surface area contributed by atoms with Crippen LogP contribution in [-0.4, -0.2) is 22.4 Å². The molecule has 0 aromatic carbocycles. The van der Waals surface area contributed by atoms with E-state index in [1.165, 1.54) is 25.0 Å². The summed E-state index contributed by atoms with van der Waals surface area (Å²) in [7, 11) is 0. The van der Waals surface area contributed by atoms with Crippen molar-refractivity contribution in [2.75, 3.05) is 6.54 Å². The number of aromatic nitrogens is 2. The highest BCUT2D eigenvalue weighted by Gasteiger charge is 2.25. The summed E-state index contributed by atoms with van der Waals surface area (Å²) < 4.78 is 2.05. The van der Waals surface area contributed by atoms with Gasteiger partial charge in [-0.2, -0.15) is 5.10 Å². The molecule has 1 N–H and O–H groups in total. The van der Waals surface area contributed by atoms with Gasteiger partial charge in [-0.3, -0.25) is 4.68 Å². The maximum Gasteiger partial charge on any atom is 0.0640 e. The molecule has 2 rings (SSSR count). The molecule has 3 nitrogen and oxygen atoms in total. The van der Waals surface area contributed by atoms with Crippen LogP contribution in [0.2, 0.25) is 0 Å². The van der Waals surface area contributed by atoms with Crippen molar-refractivity contribution in [2.45, 2.75) is 58.5 Å². The summed E-state index contributed by atoms with van der Waals surface area (Å²) in [4.78, 5) is 0. The molecule has 0 aliphatic heterocycles. The fourth-order valence-electron chi connectivity index (χ4n) is 2.31. The van der Waals surface area contributed by atoms with E-state index in [1.807, 2.05) is 0 Å². The van der Waals surface area contributed by atoms with Gasteiger partial charge >= 0.3 is 0 Å². The lowest BCUT2D eigenvalue weighted by atomic mass is 10.1. The van der Waals surface area contributed by atoms with Crippen LogP contribution in [0.5, 0.6) is 0 Å². The van der Waals surface area contributed by atoms with Crippen LogP contribution in [0.15, 0.2) is 12.3 Å². The number of hydrogen-bond acceptors (Lipinski definition) is 2. The average molecular weight is 235 g/mol. The van der Waals surface area contributed by atoms with Gasteiger partial charge in [0.2, 0.25) is 0 Å². The van der Waals surface area contributed by atoms with Crippen molar-refractivity contribution in [1.82, 2.24) is 15.1 Å². The van der Waals surface area contributed by atoms with E-state index in [0.29, 0.717) is 12.1 Å². The lowest BCUT2D eigenvalue weighted by molar-refractivity contribution is 0.455. The van der Waals surface area contributed by atoms with Crippen LogP contribution in [0.25, 0.3) is 0 Å². The minimum atomic E-state index is 0.463. The van der Waals surface area contributed by atoms with Crippen molar-refractivity contribution in [3.63, 3.8) is 0 Å². The Kier molecular flexibility index (Phi) is 4.21. The molecule has 0 spiro atoms. The Labute approximate surface area is 105 Å². The van der Waals surface area contributed by atoms with Crippen molar-refractivity contribution >= 4 is 0 Å². The van der Waals surface area contributed by atoms with E-state index in [1.54, 1.807) is 0 Å². The quantitative estimate of drug-likeness (QED) is 0.787. The molecule has 1 atom stereocenters. The van der Waals surface area contributed by atoms with Gasteiger partial charge in [0.15, 0.2) is 0 Å². The van der Waals surface area contributed by atoms with Crippen LogP contribution in [0.1, 0.15) is 51.8 Å². The second kappa shape index (κ2) is 5.67. The topological polar surface area (TPSA) is 29.9 Å². The predicted octanol–water partition coefficient (Wildman–Crippen LogP) is 2.78. The SMILES string of the molecule is CCNC(Cc1ccn(C(C)C)n1)CC1CC1. The monoisotopic (exact) mass is 235 g/mol. The summed E-state index contributed by atoms with van der Waals surface area (Å²) in [5.74, 6) is 0.978. The lowest BCUT2D eigenvalue weighted by Crippen LogP contribution is -2.31. The highest BCUT2D eigenvalue weighted by molar-refractivity contribution is 5.02. The molecule has 1 heterocycles. The molecule has 0 radical (unpaired) electrons. The van der Waals surface area contributed by atoms with Gasteiger partial charge in [-0.25, -0.2) is 0 Å². The number of likely N-dealkylation sites (N-methyl/N-ethyl adjacent to an activating group) is 1. The second-order valence-electron chi connectivity index (χ2n) is 5.52. The third-order valence-corrected chi connectivity index (χ3v) is 3.46. The smallest absolute Gasteiger partial charge is 0.0640 e. The third-order valence-electron chi connectivity index (χ3n) is 3.46. The Morgan fingerprint density at radius 3 is 2.76 bits per heavy atom. The molecule has 1 saturated carbocycles. The maximum absolute atomic E-state index is 4.64. The zero-order valence-electron chi connectivity index (χ0n) is 11.3. The maximum atomic E-state index is 4.64. The third kappa shape index (κ3) is 3.84. The first-order chi connectivity index (χ1) is 8.19. The standard InChI is InChI=1S/C14H25N3/c1-4-15-14(9-12-5-6-12)10-13-7-8-17(16-13)11(2)3/h7-8,11-12,14-15H,4-6,9-10H2,1-3H3. The number of nitrogens with one attached hydrogen (secondary N) is 1. The Morgan fingerprint density at radius 2 is 2.24 bits per heavy atom. The number of nitrogens with zero attached hydrogens (tertiary/aromatic N) is 2. The number of rotatable bonds is 7. The molecule has 3 heteroatoms. The summed E-state index contributed by atoms with van der Waals surface area (Å²) in [6, 6.07) is 3.24. The Bertz CT molecular complexity index is 339. The Hall–Kier alpha value is -0.830. The fraction of sp³-hybridized carbons (Fsp3) is 0.786. The van der Waals surface area contributed by atoms with E-state index in [4.69, 9.17) is 0 Å². The van der Waals surface area contributed by atoms with Crippen molar-refractivity contribution in [1.29, 1.82) is 0 Å². The summed E-state index contributed by atoms with van der Waals surface area (Å²) in [5, 5.41) is 8.23. The van der Waals surface area contributed by atoms with Crippen LogP contribution < -0.4 is 5.32 Å². The first-order valence-electron chi connectivity index (χ1n) is 6.96. The molecule has 1 aromatic rings. The molecule has 1 fully saturated rings. The first kappa shape index (κ1) is 12.6. The van der Waals surface area contributed by atoms with Gasteiger partial charge in [-0.15, -0.1) is 0 Å². The highest BCUT2D eigenvalue weighted by atomic mass is 15.3. The summed E-state index contributed by atoms with van der Waals surface area (Å²) in [6.45, 7) is 7.58. The van der Waals surface area contributed by atoms with Gasteiger partial charge in [0.1, 0.15) is 0 Å². The minimum absolute atomic E-state index is 0.463. The molecular weight excluding hydrogens is 210 g/mol. The van der Waals surface area contributed by atoms with Crippen molar-refractivity contribution < 1.29 is 0 Å². The fourth-order valence-corrected chi connectivity index (χ4v) is 2.31. The molecule has 1 aliphatic carbocycles. The van der Waals surface area contributed by atoms with Crippen molar-refractivity contribution in [3.8, 4) is 0 Å². The van der Waals surface area contributed by atoms with E-state index in [9.17, 15) is 0 Å². The van der Waals surface area contributed by atoms with Crippen LogP contribution in [0, 0.1) is 5.92 Å². The second-order valence-corrected chi connectivity index (χ2v) is 5.52. The molecule has 1 unspecified atom stereocenters. The molecular formula is C14H25N3. The van der Waals surface area contributed by atoms with Gasteiger partial charge in [0, 0.05) is 24.7 Å².